The molecule has 1 rings (SSSR count). The Labute approximate surface area is 235 Å². The first kappa shape index (κ1) is 33.8. The quantitative estimate of drug-likeness (QED) is 0.0359. The van der Waals surface area contributed by atoms with E-state index in [1.807, 2.05) is 0 Å². The van der Waals surface area contributed by atoms with Crippen molar-refractivity contribution in [2.75, 3.05) is 24.6 Å². The van der Waals surface area contributed by atoms with Gasteiger partial charge in [0, 0.05) is 24.6 Å². The summed E-state index contributed by atoms with van der Waals surface area (Å²) in [7, 11) is 0. The molecule has 0 aromatic heterocycles. The SMILES string of the molecule is NC(N)=NCCCC(N)C(=O)NC(CS)C(=O)NC(CC(=O)O)C(=O)N1CCCC1C(=O)NC(CS)C(=O)O. The number of nitrogens with two attached hydrogens (primary N) is 3. The smallest absolute Gasteiger partial charge is 0.327 e. The van der Waals surface area contributed by atoms with Crippen LogP contribution < -0.4 is 33.2 Å². The third-order valence-corrected chi connectivity index (χ3v) is 6.48. The van der Waals surface area contributed by atoms with Gasteiger partial charge in [0.25, 0.3) is 0 Å². The number of carboxylic acids is 2. The van der Waals surface area contributed by atoms with Gasteiger partial charge in [0.15, 0.2) is 5.96 Å². The molecule has 5 atom stereocenters. The summed E-state index contributed by atoms with van der Waals surface area (Å²) in [4.78, 5) is 78.8. The Balaban J connectivity index is 2.90. The number of carboxylic acid groups (broad SMARTS) is 2. The second kappa shape index (κ2) is 16.7. The number of guanidine groups is 1. The Kier molecular flexibility index (Phi) is 14.4. The number of nitrogens with zero attached hydrogens (tertiary/aromatic N) is 2. The number of thiol groups is 2. The number of amides is 4. The van der Waals surface area contributed by atoms with Gasteiger partial charge in [-0.05, 0) is 25.7 Å². The Hall–Kier alpha value is -3.25. The molecule has 11 N–H and O–H groups in total. The van der Waals surface area contributed by atoms with E-state index in [1.165, 1.54) is 0 Å². The Morgan fingerprint density at radius 2 is 1.56 bits per heavy atom. The van der Waals surface area contributed by atoms with Crippen LogP contribution in [0, 0.1) is 0 Å². The molecule has 1 aliphatic heterocycles. The van der Waals surface area contributed by atoms with E-state index < -0.39 is 72.2 Å². The van der Waals surface area contributed by atoms with Gasteiger partial charge >= 0.3 is 11.9 Å². The molecule has 0 bridgehead atoms. The first-order valence-electron chi connectivity index (χ1n) is 12.0. The van der Waals surface area contributed by atoms with Crippen molar-refractivity contribution in [2.45, 2.75) is 62.3 Å². The Bertz CT molecular complexity index is 949. The minimum atomic E-state index is -1.57. The molecular formula is C21H36N8O8S2. The van der Waals surface area contributed by atoms with Crippen molar-refractivity contribution in [3.05, 3.63) is 0 Å². The van der Waals surface area contributed by atoms with Gasteiger partial charge in [0.1, 0.15) is 24.2 Å². The van der Waals surface area contributed by atoms with Gasteiger partial charge in [-0.2, -0.15) is 25.3 Å². The lowest BCUT2D eigenvalue weighted by molar-refractivity contribution is -0.147. The summed E-state index contributed by atoms with van der Waals surface area (Å²) in [6.07, 6.45) is 0.401. The molecule has 0 aliphatic carbocycles. The van der Waals surface area contributed by atoms with Crippen LogP contribution in [0.2, 0.25) is 0 Å². The van der Waals surface area contributed by atoms with Crippen LogP contribution in [0.5, 0.6) is 0 Å². The molecular weight excluding hydrogens is 556 g/mol. The van der Waals surface area contributed by atoms with E-state index in [2.05, 4.69) is 46.2 Å². The topological polar surface area (TPSA) is 273 Å². The lowest BCUT2D eigenvalue weighted by Crippen LogP contribution is -2.59. The van der Waals surface area contributed by atoms with Gasteiger partial charge in [-0.25, -0.2) is 4.79 Å². The van der Waals surface area contributed by atoms with Gasteiger partial charge < -0.3 is 48.3 Å². The van der Waals surface area contributed by atoms with Crippen LogP contribution in [0.3, 0.4) is 0 Å². The average molecular weight is 593 g/mol. The summed E-state index contributed by atoms with van der Waals surface area (Å²) >= 11 is 7.94. The summed E-state index contributed by atoms with van der Waals surface area (Å²) in [5.74, 6) is -6.33. The maximum atomic E-state index is 13.2. The van der Waals surface area contributed by atoms with Crippen molar-refractivity contribution >= 4 is 66.8 Å². The molecule has 0 aromatic carbocycles. The monoisotopic (exact) mass is 592 g/mol. The molecule has 16 nitrogen and oxygen atoms in total. The first-order chi connectivity index (χ1) is 18.3. The lowest BCUT2D eigenvalue weighted by Gasteiger charge is -2.29. The van der Waals surface area contributed by atoms with Crippen molar-refractivity contribution in [3.63, 3.8) is 0 Å². The Morgan fingerprint density at radius 3 is 2.10 bits per heavy atom. The molecule has 1 saturated heterocycles. The summed E-state index contributed by atoms with van der Waals surface area (Å²) in [6, 6.07) is -6.17. The van der Waals surface area contributed by atoms with Gasteiger partial charge in [0.2, 0.25) is 23.6 Å². The molecule has 1 heterocycles. The number of carbonyl (C=O) groups is 6. The summed E-state index contributed by atoms with van der Waals surface area (Å²) < 4.78 is 0. The van der Waals surface area contributed by atoms with Crippen LogP contribution in [0.1, 0.15) is 32.1 Å². The molecule has 0 saturated carbocycles. The summed E-state index contributed by atoms with van der Waals surface area (Å²) in [5, 5.41) is 25.5. The molecule has 39 heavy (non-hydrogen) atoms. The van der Waals surface area contributed by atoms with E-state index in [1.54, 1.807) is 0 Å². The van der Waals surface area contributed by atoms with Crippen LogP contribution >= 0.6 is 25.3 Å². The summed E-state index contributed by atoms with van der Waals surface area (Å²) in [6.45, 7) is 0.336. The number of hydrogen-bond acceptors (Lipinski definition) is 10. The average Bonchev–Trinajstić information content (AvgIpc) is 3.36. The highest BCUT2D eigenvalue weighted by atomic mass is 32.1. The van der Waals surface area contributed by atoms with E-state index in [-0.39, 0.29) is 43.4 Å². The zero-order chi connectivity index (χ0) is 29.7. The second-order valence-electron chi connectivity index (χ2n) is 8.73. The molecule has 1 aliphatic rings. The predicted molar refractivity (Wildman–Crippen MR) is 146 cm³/mol. The molecule has 18 heteroatoms. The van der Waals surface area contributed by atoms with Crippen molar-refractivity contribution in [2.24, 2.45) is 22.2 Å². The highest BCUT2D eigenvalue weighted by Crippen LogP contribution is 2.20. The fourth-order valence-corrected chi connectivity index (χ4v) is 4.23. The van der Waals surface area contributed by atoms with Gasteiger partial charge in [-0.3, -0.25) is 29.0 Å². The van der Waals surface area contributed by atoms with E-state index in [0.29, 0.717) is 12.8 Å². The first-order valence-corrected chi connectivity index (χ1v) is 13.3. The van der Waals surface area contributed by atoms with E-state index in [0.717, 1.165) is 4.90 Å². The van der Waals surface area contributed by atoms with Crippen molar-refractivity contribution in [1.82, 2.24) is 20.9 Å². The third kappa shape index (κ3) is 11.2. The maximum Gasteiger partial charge on any atom is 0.327 e. The molecule has 4 amide bonds. The second-order valence-corrected chi connectivity index (χ2v) is 9.46. The number of likely N-dealkylation sites (tertiary alicyclic amines) is 1. The van der Waals surface area contributed by atoms with Crippen LogP contribution in [-0.2, 0) is 28.8 Å². The number of aliphatic imine (C=N–C) groups is 1. The number of aliphatic carboxylic acids is 2. The van der Waals surface area contributed by atoms with E-state index in [9.17, 15) is 33.9 Å². The molecule has 5 unspecified atom stereocenters. The summed E-state index contributed by atoms with van der Waals surface area (Å²) in [5.41, 5.74) is 16.3. The van der Waals surface area contributed by atoms with Crippen molar-refractivity contribution in [1.29, 1.82) is 0 Å². The lowest BCUT2D eigenvalue weighted by atomic mass is 10.1. The zero-order valence-electron chi connectivity index (χ0n) is 21.1. The highest BCUT2D eigenvalue weighted by molar-refractivity contribution is 7.80. The number of carbonyl (C=O) groups excluding carboxylic acids is 4. The van der Waals surface area contributed by atoms with Crippen LogP contribution in [0.4, 0.5) is 0 Å². The van der Waals surface area contributed by atoms with Crippen LogP contribution in [0.25, 0.3) is 0 Å². The predicted octanol–water partition coefficient (Wildman–Crippen LogP) is -3.77. The molecule has 0 radical (unpaired) electrons. The molecule has 1 fully saturated rings. The largest absolute Gasteiger partial charge is 0.481 e. The van der Waals surface area contributed by atoms with Gasteiger partial charge in [-0.1, -0.05) is 0 Å². The van der Waals surface area contributed by atoms with Gasteiger partial charge in [-0.15, -0.1) is 0 Å². The standard InChI is InChI=1S/C21H36N8O8S2/c22-10(3-1-5-25-21(23)24)16(32)27-12(8-38)17(33)26-11(7-15(30)31)19(35)29-6-2-4-14(29)18(34)28-13(9-39)20(36)37/h10-14,38-39H,1-9,22H2,(H,26,33)(H,27,32)(H,28,34)(H,30,31)(H,36,37)(H4,23,24,25). The van der Waals surface area contributed by atoms with Crippen LogP contribution in [0.15, 0.2) is 4.99 Å². The number of hydrogen-bond donors (Lipinski definition) is 10. The van der Waals surface area contributed by atoms with Crippen LogP contribution in [-0.4, -0.2) is 111 Å². The minimum absolute atomic E-state index is 0.0863. The highest BCUT2D eigenvalue weighted by Gasteiger charge is 2.40. The third-order valence-electron chi connectivity index (χ3n) is 5.75. The molecule has 0 aromatic rings. The molecule has 0 spiro atoms. The number of rotatable bonds is 16. The van der Waals surface area contributed by atoms with E-state index in [4.69, 9.17) is 22.3 Å². The molecule has 220 valence electrons. The zero-order valence-corrected chi connectivity index (χ0v) is 22.9. The fourth-order valence-electron chi connectivity index (χ4n) is 3.73. The number of nitrogens with one attached hydrogen (secondary N) is 3. The van der Waals surface area contributed by atoms with Crippen molar-refractivity contribution in [3.8, 4) is 0 Å². The van der Waals surface area contributed by atoms with E-state index >= 15 is 0 Å². The minimum Gasteiger partial charge on any atom is -0.481 e. The van der Waals surface area contributed by atoms with Gasteiger partial charge in [0.05, 0.1) is 12.5 Å². The maximum absolute atomic E-state index is 13.2. The van der Waals surface area contributed by atoms with Crippen molar-refractivity contribution < 1.29 is 39.0 Å². The Morgan fingerprint density at radius 1 is 0.949 bits per heavy atom. The fraction of sp³-hybridized carbons (Fsp3) is 0.667. The normalized spacial score (nSPS) is 17.7.